The third kappa shape index (κ3) is 13.8. The number of aliphatic carboxylic acids is 1. The number of amides is 6. The molecule has 45 heavy (non-hydrogen) atoms. The maximum Gasteiger partial charge on any atom is 0.303 e. The molecule has 248 valence electrons. The average Bonchev–Trinajstić information content (AvgIpc) is 2.99. The lowest BCUT2D eigenvalue weighted by Crippen LogP contribution is -2.54. The zero-order valence-electron chi connectivity index (χ0n) is 25.2. The number of nitrogens with one attached hydrogen (secondary N) is 3. The van der Waals surface area contributed by atoms with Gasteiger partial charge in [-0.15, -0.1) is 0 Å². The number of benzene rings is 1. The molecule has 2 rings (SSSR count). The lowest BCUT2D eigenvalue weighted by molar-refractivity contribution is -0.139. The number of hydrogen-bond donors (Lipinski definition) is 4. The van der Waals surface area contributed by atoms with Gasteiger partial charge in [-0.1, -0.05) is 12.1 Å². The topological polar surface area (TPSA) is 216 Å². The smallest absolute Gasteiger partial charge is 0.303 e. The summed E-state index contributed by atoms with van der Waals surface area (Å²) in [5, 5.41) is 15.9. The van der Waals surface area contributed by atoms with Crippen LogP contribution in [0.4, 0.5) is 0 Å². The van der Waals surface area contributed by atoms with E-state index in [0.29, 0.717) is 38.5 Å². The van der Waals surface area contributed by atoms with Gasteiger partial charge in [-0.05, 0) is 31.4 Å². The van der Waals surface area contributed by atoms with E-state index in [0.717, 1.165) is 4.90 Å². The minimum Gasteiger partial charge on any atom is -0.483 e. The Hall–Kier alpha value is -4.41. The zero-order chi connectivity index (χ0) is 33.0. The Morgan fingerprint density at radius 2 is 1.58 bits per heavy atom. The molecule has 1 saturated heterocycles. The molecule has 0 radical (unpaired) electrons. The highest BCUT2D eigenvalue weighted by molar-refractivity contribution is 6.08. The van der Waals surface area contributed by atoms with Gasteiger partial charge in [0.15, 0.2) is 6.61 Å². The van der Waals surface area contributed by atoms with E-state index in [1.54, 1.807) is 19.1 Å². The van der Waals surface area contributed by atoms with Gasteiger partial charge in [-0.2, -0.15) is 0 Å². The molecule has 0 aliphatic carbocycles. The summed E-state index contributed by atoms with van der Waals surface area (Å²) in [6.07, 6.45) is 0.632. The van der Waals surface area contributed by atoms with E-state index in [-0.39, 0.29) is 75.5 Å². The van der Waals surface area contributed by atoms with Crippen molar-refractivity contribution in [2.75, 3.05) is 59.3 Å². The Bertz CT molecular complexity index is 1190. The summed E-state index contributed by atoms with van der Waals surface area (Å²) in [4.78, 5) is 83.6. The van der Waals surface area contributed by atoms with Gasteiger partial charge in [0.25, 0.3) is 11.8 Å². The van der Waals surface area contributed by atoms with Gasteiger partial charge in [0.2, 0.25) is 24.1 Å². The summed E-state index contributed by atoms with van der Waals surface area (Å²) >= 11 is 0. The first-order valence-electron chi connectivity index (χ1n) is 14.5. The number of imide groups is 2. The second kappa shape index (κ2) is 20.5. The van der Waals surface area contributed by atoms with Crippen molar-refractivity contribution in [3.8, 4) is 5.75 Å². The number of carbonyl (C=O) groups excluding carboxylic acids is 6. The number of piperidine rings is 1. The number of aryl methyl sites for hydroxylation is 1. The van der Waals surface area contributed by atoms with Crippen molar-refractivity contribution >= 4 is 41.9 Å². The number of rotatable bonds is 22. The molecule has 0 spiro atoms. The van der Waals surface area contributed by atoms with E-state index in [4.69, 9.17) is 24.1 Å². The average molecular weight is 637 g/mol. The molecule has 1 aliphatic heterocycles. The molecule has 0 aromatic heterocycles. The van der Waals surface area contributed by atoms with Crippen LogP contribution in [0.1, 0.15) is 48.0 Å². The third-order valence-corrected chi connectivity index (χ3v) is 6.38. The quantitative estimate of drug-likeness (QED) is 0.0707. The standard InChI is InChI=1S/C29H40N4O12/c1-20-4-2-5-22(27(20)29(41)33(19-34)21-8-9-24(36)32-28(21)40)45-18-25(37)31-11-13-43-15-17-44-16-14-42-12-10-30-23(35)6-3-7-26(38)39/h2,4-5,19,21H,3,6-18H2,1H3,(H,30,35)(H,31,37)(H,38,39)(H,32,36,40). The van der Waals surface area contributed by atoms with Gasteiger partial charge < -0.3 is 34.7 Å². The van der Waals surface area contributed by atoms with Crippen molar-refractivity contribution in [2.45, 2.75) is 45.1 Å². The fourth-order valence-corrected chi connectivity index (χ4v) is 4.12. The number of ether oxygens (including phenoxy) is 4. The van der Waals surface area contributed by atoms with Crippen molar-refractivity contribution < 1.29 is 57.6 Å². The molecule has 1 atom stereocenters. The minimum absolute atomic E-state index is 0.00508. The first-order chi connectivity index (χ1) is 21.6. The zero-order valence-corrected chi connectivity index (χ0v) is 25.2. The summed E-state index contributed by atoms with van der Waals surface area (Å²) in [7, 11) is 0. The van der Waals surface area contributed by atoms with Gasteiger partial charge in [-0.3, -0.25) is 43.8 Å². The summed E-state index contributed by atoms with van der Waals surface area (Å²) in [6, 6.07) is 3.58. The number of hydrogen-bond acceptors (Lipinski definition) is 11. The molecule has 1 unspecified atom stereocenters. The van der Waals surface area contributed by atoms with Gasteiger partial charge in [0, 0.05) is 32.4 Å². The van der Waals surface area contributed by atoms with Crippen LogP contribution in [0.5, 0.6) is 5.75 Å². The van der Waals surface area contributed by atoms with E-state index in [9.17, 15) is 33.6 Å². The summed E-state index contributed by atoms with van der Waals surface area (Å²) in [5.74, 6) is -3.58. The van der Waals surface area contributed by atoms with E-state index < -0.39 is 42.2 Å². The van der Waals surface area contributed by atoms with Gasteiger partial charge in [-0.25, -0.2) is 0 Å². The molecule has 16 nitrogen and oxygen atoms in total. The molecular formula is C29H40N4O12. The summed E-state index contributed by atoms with van der Waals surface area (Å²) in [6.45, 7) is 3.48. The fourth-order valence-electron chi connectivity index (χ4n) is 4.12. The highest BCUT2D eigenvalue weighted by atomic mass is 16.5. The van der Waals surface area contributed by atoms with Crippen LogP contribution in [0.3, 0.4) is 0 Å². The predicted molar refractivity (Wildman–Crippen MR) is 155 cm³/mol. The lowest BCUT2D eigenvalue weighted by atomic mass is 10.0. The van der Waals surface area contributed by atoms with Gasteiger partial charge in [0.05, 0.1) is 45.2 Å². The van der Waals surface area contributed by atoms with Crippen molar-refractivity contribution in [1.29, 1.82) is 0 Å². The SMILES string of the molecule is Cc1cccc(OCC(=O)NCCOCCOCCOCCNC(=O)CCCC(=O)O)c1C(=O)N(C=O)C1CCC(=O)NC1=O. The van der Waals surface area contributed by atoms with Crippen molar-refractivity contribution in [3.05, 3.63) is 29.3 Å². The minimum atomic E-state index is -1.14. The number of carboxylic acids is 1. The molecule has 1 aliphatic rings. The van der Waals surface area contributed by atoms with Crippen LogP contribution in [0.2, 0.25) is 0 Å². The van der Waals surface area contributed by atoms with Crippen LogP contribution in [-0.2, 0) is 43.0 Å². The highest BCUT2D eigenvalue weighted by Crippen LogP contribution is 2.25. The molecule has 1 heterocycles. The monoisotopic (exact) mass is 636 g/mol. The maximum absolute atomic E-state index is 13.2. The number of carboxylic acid groups (broad SMARTS) is 1. The second-order valence-electron chi connectivity index (χ2n) is 9.81. The molecule has 4 N–H and O–H groups in total. The van der Waals surface area contributed by atoms with E-state index in [1.165, 1.54) is 6.07 Å². The van der Waals surface area contributed by atoms with Gasteiger partial charge in [0.1, 0.15) is 11.8 Å². The molecule has 0 bridgehead atoms. The molecule has 16 heteroatoms. The summed E-state index contributed by atoms with van der Waals surface area (Å²) < 4.78 is 21.7. The van der Waals surface area contributed by atoms with E-state index >= 15 is 0 Å². The molecule has 1 aromatic rings. The van der Waals surface area contributed by atoms with E-state index in [1.807, 2.05) is 0 Å². The lowest BCUT2D eigenvalue weighted by Gasteiger charge is -2.29. The largest absolute Gasteiger partial charge is 0.483 e. The first-order valence-corrected chi connectivity index (χ1v) is 14.5. The van der Waals surface area contributed by atoms with Crippen LogP contribution in [-0.4, -0.2) is 117 Å². The Morgan fingerprint density at radius 3 is 2.18 bits per heavy atom. The van der Waals surface area contributed by atoms with Gasteiger partial charge >= 0.3 is 5.97 Å². The predicted octanol–water partition coefficient (Wildman–Crippen LogP) is -0.685. The van der Waals surface area contributed by atoms with Crippen LogP contribution in [0, 0.1) is 6.92 Å². The third-order valence-electron chi connectivity index (χ3n) is 6.38. The Labute approximate surface area is 260 Å². The first kappa shape index (κ1) is 36.8. The second-order valence-corrected chi connectivity index (χ2v) is 9.81. The number of nitrogens with zero attached hydrogens (tertiary/aromatic N) is 1. The van der Waals surface area contributed by atoms with Crippen molar-refractivity contribution in [1.82, 2.24) is 20.9 Å². The Balaban J connectivity index is 1.58. The van der Waals surface area contributed by atoms with Crippen LogP contribution in [0.15, 0.2) is 18.2 Å². The van der Waals surface area contributed by atoms with Crippen LogP contribution < -0.4 is 20.7 Å². The Morgan fingerprint density at radius 1 is 0.956 bits per heavy atom. The van der Waals surface area contributed by atoms with Crippen molar-refractivity contribution in [3.63, 3.8) is 0 Å². The number of carbonyl (C=O) groups is 7. The van der Waals surface area contributed by atoms with Crippen LogP contribution in [0.25, 0.3) is 0 Å². The molecule has 0 saturated carbocycles. The van der Waals surface area contributed by atoms with E-state index in [2.05, 4.69) is 16.0 Å². The summed E-state index contributed by atoms with van der Waals surface area (Å²) in [5.41, 5.74) is 0.488. The van der Waals surface area contributed by atoms with Crippen molar-refractivity contribution in [2.24, 2.45) is 0 Å². The molecule has 1 aromatic carbocycles. The molecule has 6 amide bonds. The van der Waals surface area contributed by atoms with Crippen LogP contribution >= 0.6 is 0 Å². The normalized spacial score (nSPS) is 14.3. The maximum atomic E-state index is 13.2. The highest BCUT2D eigenvalue weighted by Gasteiger charge is 2.36. The Kier molecular flexibility index (Phi) is 16.8. The molecule has 1 fully saturated rings. The molecular weight excluding hydrogens is 596 g/mol. The fraction of sp³-hybridized carbons (Fsp3) is 0.552.